The maximum atomic E-state index is 12.3. The summed E-state index contributed by atoms with van der Waals surface area (Å²) < 4.78 is 4.56. The van der Waals surface area contributed by atoms with Crippen LogP contribution in [0.5, 0.6) is 5.88 Å². The minimum Gasteiger partial charge on any atom is -0.494 e. The molecule has 8 nitrogen and oxygen atoms in total. The first-order valence-electron chi connectivity index (χ1n) is 8.97. The number of hydrogen-bond donors (Lipinski definition) is 3. The van der Waals surface area contributed by atoms with Gasteiger partial charge in [-0.2, -0.15) is 0 Å². The number of methoxy groups -OCH3 is 1. The highest BCUT2D eigenvalue weighted by molar-refractivity contribution is 6.06. The van der Waals surface area contributed by atoms with Crippen molar-refractivity contribution in [3.63, 3.8) is 0 Å². The highest BCUT2D eigenvalue weighted by Gasteiger charge is 2.15. The molecule has 0 fully saturated rings. The van der Waals surface area contributed by atoms with Crippen LogP contribution in [-0.4, -0.2) is 35.4 Å². The molecule has 0 saturated carbocycles. The molecule has 0 atom stereocenters. The average Bonchev–Trinajstić information content (AvgIpc) is 3.30. The van der Waals surface area contributed by atoms with Crippen LogP contribution in [0.25, 0.3) is 17.0 Å². The van der Waals surface area contributed by atoms with E-state index in [1.165, 1.54) is 13.4 Å². The summed E-state index contributed by atoms with van der Waals surface area (Å²) in [6, 6.07) is 10.9. The second-order valence-corrected chi connectivity index (χ2v) is 6.51. The lowest BCUT2D eigenvalue weighted by molar-refractivity contribution is -0.141. The number of carbonyl (C=O) groups excluding carboxylic acids is 2. The van der Waals surface area contributed by atoms with E-state index in [-0.39, 0.29) is 24.6 Å². The van der Waals surface area contributed by atoms with Crippen molar-refractivity contribution < 1.29 is 19.4 Å². The molecular weight excluding hydrogens is 372 g/mol. The Morgan fingerprint density at radius 2 is 2.10 bits per heavy atom. The van der Waals surface area contributed by atoms with E-state index < -0.39 is 5.97 Å². The van der Waals surface area contributed by atoms with E-state index in [4.69, 9.17) is 0 Å². The second-order valence-electron chi connectivity index (χ2n) is 6.51. The van der Waals surface area contributed by atoms with E-state index in [1.54, 1.807) is 12.1 Å². The van der Waals surface area contributed by atoms with Crippen molar-refractivity contribution in [1.82, 2.24) is 4.98 Å². The Kier molecular flexibility index (Phi) is 4.82. The van der Waals surface area contributed by atoms with Crippen molar-refractivity contribution in [2.75, 3.05) is 12.4 Å². The minimum atomic E-state index is -0.447. The van der Waals surface area contributed by atoms with E-state index >= 15 is 0 Å². The fourth-order valence-electron chi connectivity index (χ4n) is 3.20. The van der Waals surface area contributed by atoms with E-state index in [0.29, 0.717) is 22.2 Å². The summed E-state index contributed by atoms with van der Waals surface area (Å²) >= 11 is 0. The SMILES string of the molecule is COC(=O)CCC(=O)Nc1cccc2[nH]c(O)c(/C=c3\ccc4c(c3)N=CN=4)c12. The third kappa shape index (κ3) is 3.73. The van der Waals surface area contributed by atoms with Gasteiger partial charge in [-0.3, -0.25) is 9.59 Å². The molecule has 0 saturated heterocycles. The number of hydrogen-bond acceptors (Lipinski definition) is 6. The number of amides is 1. The monoisotopic (exact) mass is 390 g/mol. The van der Waals surface area contributed by atoms with Crippen molar-refractivity contribution in [2.24, 2.45) is 9.98 Å². The van der Waals surface area contributed by atoms with Gasteiger partial charge in [0.2, 0.25) is 5.91 Å². The Morgan fingerprint density at radius 1 is 1.24 bits per heavy atom. The van der Waals surface area contributed by atoms with Gasteiger partial charge in [-0.1, -0.05) is 12.1 Å². The fraction of sp³-hybridized carbons (Fsp3) is 0.143. The van der Waals surface area contributed by atoms with E-state index in [2.05, 4.69) is 25.0 Å². The van der Waals surface area contributed by atoms with Gasteiger partial charge in [0.05, 0.1) is 35.8 Å². The molecule has 1 aliphatic heterocycles. The second kappa shape index (κ2) is 7.59. The minimum absolute atomic E-state index is 0.00360. The molecule has 2 aromatic carbocycles. The Hall–Kier alpha value is -3.94. The number of nitrogens with zero attached hydrogens (tertiary/aromatic N) is 2. The van der Waals surface area contributed by atoms with Crippen molar-refractivity contribution in [3.05, 3.63) is 52.5 Å². The quantitative estimate of drug-likeness (QED) is 0.577. The van der Waals surface area contributed by atoms with Gasteiger partial charge < -0.3 is 20.1 Å². The number of aromatic nitrogens is 1. The number of carbonyl (C=O) groups is 2. The van der Waals surface area contributed by atoms with Crippen LogP contribution in [0.4, 0.5) is 11.4 Å². The third-order valence-electron chi connectivity index (χ3n) is 4.60. The van der Waals surface area contributed by atoms with E-state index in [9.17, 15) is 14.7 Å². The van der Waals surface area contributed by atoms with Crippen LogP contribution in [0.3, 0.4) is 0 Å². The number of fused-ring (bicyclic) bond motifs is 2. The number of H-pyrrole nitrogens is 1. The largest absolute Gasteiger partial charge is 0.494 e. The molecule has 1 aliphatic rings. The number of aliphatic imine (C=N–C) groups is 1. The molecule has 8 heteroatoms. The zero-order chi connectivity index (χ0) is 20.4. The zero-order valence-electron chi connectivity index (χ0n) is 15.6. The molecule has 1 aromatic heterocycles. The summed E-state index contributed by atoms with van der Waals surface area (Å²) in [6.07, 6.45) is 3.31. The highest BCUT2D eigenvalue weighted by atomic mass is 16.5. The first-order chi connectivity index (χ1) is 14.0. The van der Waals surface area contributed by atoms with Crippen LogP contribution < -0.4 is 15.9 Å². The number of benzene rings is 2. The van der Waals surface area contributed by atoms with Crippen LogP contribution in [0, 0.1) is 0 Å². The molecule has 2 heterocycles. The van der Waals surface area contributed by atoms with Gasteiger partial charge in [0.15, 0.2) is 5.88 Å². The summed E-state index contributed by atoms with van der Waals surface area (Å²) in [5.41, 5.74) is 2.51. The standard InChI is InChI=1S/C21H18N4O4/c1-29-19(27)8-7-18(26)24-15-3-2-4-16-20(15)13(21(28)25-16)9-12-5-6-14-17(10-12)23-11-22-14/h2-6,9-11,25,28H,7-8H2,1H3,(H,24,26)/b12-9+. The number of esters is 1. The summed E-state index contributed by atoms with van der Waals surface area (Å²) in [6.45, 7) is 0. The lowest BCUT2D eigenvalue weighted by Gasteiger charge is -2.07. The lowest BCUT2D eigenvalue weighted by Crippen LogP contribution is -2.14. The van der Waals surface area contributed by atoms with Crippen molar-refractivity contribution in [3.8, 4) is 5.88 Å². The smallest absolute Gasteiger partial charge is 0.306 e. The first-order valence-corrected chi connectivity index (χ1v) is 8.97. The summed E-state index contributed by atoms with van der Waals surface area (Å²) in [7, 11) is 1.28. The van der Waals surface area contributed by atoms with Crippen LogP contribution in [0.2, 0.25) is 0 Å². The normalized spacial score (nSPS) is 12.7. The number of nitrogens with one attached hydrogen (secondary N) is 2. The van der Waals surface area contributed by atoms with Crippen molar-refractivity contribution in [1.29, 1.82) is 0 Å². The predicted molar refractivity (Wildman–Crippen MR) is 109 cm³/mol. The van der Waals surface area contributed by atoms with Crippen LogP contribution >= 0.6 is 0 Å². The van der Waals surface area contributed by atoms with Crippen LogP contribution in [0.1, 0.15) is 18.4 Å². The first kappa shape index (κ1) is 18.4. The van der Waals surface area contributed by atoms with Gasteiger partial charge >= 0.3 is 5.97 Å². The van der Waals surface area contributed by atoms with Crippen molar-refractivity contribution in [2.45, 2.75) is 12.8 Å². The topological polar surface area (TPSA) is 116 Å². The number of aromatic amines is 1. The number of ether oxygens (including phenoxy) is 1. The highest BCUT2D eigenvalue weighted by Crippen LogP contribution is 2.33. The maximum Gasteiger partial charge on any atom is 0.306 e. The van der Waals surface area contributed by atoms with Crippen molar-refractivity contribution >= 4 is 46.6 Å². The zero-order valence-corrected chi connectivity index (χ0v) is 15.6. The molecule has 3 N–H and O–H groups in total. The summed E-state index contributed by atoms with van der Waals surface area (Å²) in [4.78, 5) is 34.8. The van der Waals surface area contributed by atoms with Gasteiger partial charge in [-0.05, 0) is 35.6 Å². The molecule has 0 bridgehead atoms. The van der Waals surface area contributed by atoms with Gasteiger partial charge in [0, 0.05) is 17.4 Å². The Bertz CT molecular complexity index is 1270. The molecule has 29 heavy (non-hydrogen) atoms. The fourth-order valence-corrected chi connectivity index (χ4v) is 3.20. The molecule has 0 unspecified atom stereocenters. The molecule has 1 amide bonds. The third-order valence-corrected chi connectivity index (χ3v) is 4.60. The van der Waals surface area contributed by atoms with Gasteiger partial charge in [0.25, 0.3) is 0 Å². The molecule has 0 spiro atoms. The maximum absolute atomic E-state index is 12.3. The summed E-state index contributed by atoms with van der Waals surface area (Å²) in [5, 5.41) is 15.6. The van der Waals surface area contributed by atoms with Gasteiger partial charge in [-0.25, -0.2) is 9.98 Å². The average molecular weight is 390 g/mol. The Balaban J connectivity index is 1.72. The van der Waals surface area contributed by atoms with E-state index in [0.717, 1.165) is 16.3 Å². The Morgan fingerprint density at radius 3 is 2.93 bits per heavy atom. The lowest BCUT2D eigenvalue weighted by atomic mass is 10.1. The Labute approximate surface area is 165 Å². The van der Waals surface area contributed by atoms with Gasteiger partial charge in [-0.15, -0.1) is 0 Å². The molecule has 3 aromatic rings. The molecule has 0 radical (unpaired) electrons. The van der Waals surface area contributed by atoms with Crippen LogP contribution in [0.15, 0.2) is 46.4 Å². The molecule has 0 aliphatic carbocycles. The number of anilines is 1. The molecule has 4 rings (SSSR count). The van der Waals surface area contributed by atoms with Gasteiger partial charge in [0.1, 0.15) is 6.34 Å². The summed E-state index contributed by atoms with van der Waals surface area (Å²) in [5.74, 6) is -0.773. The van der Waals surface area contributed by atoms with E-state index in [1.807, 2.05) is 30.3 Å². The molecule has 146 valence electrons. The number of aromatic hydroxyl groups is 1. The molecular formula is C21H18N4O4. The predicted octanol–water partition coefficient (Wildman–Crippen LogP) is 1.89. The number of rotatable bonds is 5. The van der Waals surface area contributed by atoms with Crippen LogP contribution in [-0.2, 0) is 14.3 Å².